The van der Waals surface area contributed by atoms with Crippen LogP contribution in [0.25, 0.3) is 0 Å². The van der Waals surface area contributed by atoms with E-state index in [0.717, 1.165) is 25.4 Å². The Kier molecular flexibility index (Phi) is 3.88. The van der Waals surface area contributed by atoms with Crippen molar-refractivity contribution < 1.29 is 4.79 Å². The van der Waals surface area contributed by atoms with Crippen molar-refractivity contribution in [2.24, 2.45) is 11.8 Å². The molecule has 2 atom stereocenters. The van der Waals surface area contributed by atoms with Crippen molar-refractivity contribution in [2.75, 3.05) is 18.8 Å². The number of likely N-dealkylation sites (tertiary alicyclic amines) is 1. The zero-order chi connectivity index (χ0) is 14.1. The number of benzene rings is 1. The van der Waals surface area contributed by atoms with Crippen LogP contribution in [0.1, 0.15) is 42.5 Å². The smallest absolute Gasteiger partial charge is 0.255 e. The number of anilines is 1. The zero-order valence-electron chi connectivity index (χ0n) is 11.6. The predicted molar refractivity (Wildman–Crippen MR) is 81.8 cm³/mol. The maximum absolute atomic E-state index is 12.6. The number of piperidine rings is 1. The molecular weight excluding hydrogens is 272 g/mol. The van der Waals surface area contributed by atoms with E-state index >= 15 is 0 Å². The van der Waals surface area contributed by atoms with Crippen LogP contribution in [0.15, 0.2) is 18.2 Å². The maximum atomic E-state index is 12.6. The van der Waals surface area contributed by atoms with Gasteiger partial charge in [0.05, 0.1) is 5.56 Å². The van der Waals surface area contributed by atoms with E-state index < -0.39 is 0 Å². The highest BCUT2D eigenvalue weighted by atomic mass is 35.5. The molecular formula is C16H21ClN2O. The summed E-state index contributed by atoms with van der Waals surface area (Å²) in [5, 5.41) is 0.574. The Balaban J connectivity index is 1.74. The molecule has 1 saturated carbocycles. The van der Waals surface area contributed by atoms with Gasteiger partial charge in [-0.05, 0) is 42.9 Å². The normalized spacial score (nSPS) is 26.1. The third-order valence-electron chi connectivity index (χ3n) is 4.82. The molecule has 2 fully saturated rings. The van der Waals surface area contributed by atoms with Gasteiger partial charge in [0.15, 0.2) is 0 Å². The minimum atomic E-state index is 0.0585. The quantitative estimate of drug-likeness (QED) is 0.804. The molecule has 3 rings (SSSR count). The molecule has 1 heterocycles. The van der Waals surface area contributed by atoms with Crippen LogP contribution in [-0.2, 0) is 0 Å². The van der Waals surface area contributed by atoms with E-state index in [0.29, 0.717) is 22.2 Å². The molecule has 1 aliphatic heterocycles. The molecule has 0 spiro atoms. The summed E-state index contributed by atoms with van der Waals surface area (Å²) in [5.41, 5.74) is 7.00. The zero-order valence-corrected chi connectivity index (χ0v) is 12.4. The molecule has 1 aromatic rings. The minimum absolute atomic E-state index is 0.0585. The van der Waals surface area contributed by atoms with Crippen molar-refractivity contribution in [2.45, 2.75) is 32.1 Å². The highest BCUT2D eigenvalue weighted by molar-refractivity contribution is 6.31. The summed E-state index contributed by atoms with van der Waals surface area (Å²) in [6.07, 6.45) is 6.43. The van der Waals surface area contributed by atoms with Crippen molar-refractivity contribution in [1.82, 2.24) is 4.90 Å². The maximum Gasteiger partial charge on any atom is 0.255 e. The van der Waals surface area contributed by atoms with Gasteiger partial charge in [-0.2, -0.15) is 0 Å². The monoisotopic (exact) mass is 292 g/mol. The molecule has 2 unspecified atom stereocenters. The minimum Gasteiger partial charge on any atom is -0.398 e. The van der Waals surface area contributed by atoms with E-state index in [9.17, 15) is 4.79 Å². The Morgan fingerprint density at radius 3 is 2.70 bits per heavy atom. The fourth-order valence-electron chi connectivity index (χ4n) is 3.68. The summed E-state index contributed by atoms with van der Waals surface area (Å²) < 4.78 is 0. The summed E-state index contributed by atoms with van der Waals surface area (Å²) in [7, 11) is 0. The molecule has 0 aromatic heterocycles. The number of carbonyl (C=O) groups is 1. The molecule has 20 heavy (non-hydrogen) atoms. The summed E-state index contributed by atoms with van der Waals surface area (Å²) in [6.45, 7) is 1.76. The second-order valence-corrected chi connectivity index (χ2v) is 6.51. The molecule has 1 saturated heterocycles. The van der Waals surface area contributed by atoms with E-state index in [1.54, 1.807) is 18.2 Å². The van der Waals surface area contributed by atoms with Crippen LogP contribution in [0.4, 0.5) is 5.69 Å². The van der Waals surface area contributed by atoms with Crippen molar-refractivity contribution in [3.63, 3.8) is 0 Å². The van der Waals surface area contributed by atoms with Gasteiger partial charge in [0.25, 0.3) is 5.91 Å². The number of nitrogen functional groups attached to an aromatic ring is 1. The van der Waals surface area contributed by atoms with E-state index in [2.05, 4.69) is 0 Å². The average Bonchev–Trinajstić information content (AvgIpc) is 2.46. The lowest BCUT2D eigenvalue weighted by Crippen LogP contribution is -2.44. The molecule has 1 amide bonds. The molecule has 108 valence electrons. The Hall–Kier alpha value is -1.22. The summed E-state index contributed by atoms with van der Waals surface area (Å²) in [6, 6.07) is 5.13. The SMILES string of the molecule is Nc1cc(Cl)ccc1C(=O)N1CCC2CCCCC2C1. The molecule has 0 radical (unpaired) electrons. The van der Waals surface area contributed by atoms with E-state index in [-0.39, 0.29) is 5.91 Å². The van der Waals surface area contributed by atoms with Gasteiger partial charge in [0.2, 0.25) is 0 Å². The second kappa shape index (κ2) is 5.65. The molecule has 2 aliphatic rings. The summed E-state index contributed by atoms with van der Waals surface area (Å²) in [5.74, 6) is 1.58. The molecule has 0 bridgehead atoms. The third kappa shape index (κ3) is 2.64. The van der Waals surface area contributed by atoms with Crippen molar-refractivity contribution in [3.8, 4) is 0 Å². The van der Waals surface area contributed by atoms with Gasteiger partial charge in [0, 0.05) is 23.8 Å². The standard InChI is InChI=1S/C16H21ClN2O/c17-13-5-6-14(15(18)9-13)16(20)19-8-7-11-3-1-2-4-12(11)10-19/h5-6,9,11-12H,1-4,7-8,10,18H2. The summed E-state index contributed by atoms with van der Waals surface area (Å²) in [4.78, 5) is 14.6. The lowest BCUT2D eigenvalue weighted by molar-refractivity contribution is 0.0522. The first-order chi connectivity index (χ1) is 9.65. The Morgan fingerprint density at radius 1 is 1.20 bits per heavy atom. The number of halogens is 1. The largest absolute Gasteiger partial charge is 0.398 e. The lowest BCUT2D eigenvalue weighted by atomic mass is 9.75. The van der Waals surface area contributed by atoms with Crippen molar-refractivity contribution >= 4 is 23.2 Å². The third-order valence-corrected chi connectivity index (χ3v) is 5.06. The number of carbonyl (C=O) groups excluding carboxylic acids is 1. The van der Waals surface area contributed by atoms with Crippen LogP contribution in [0.5, 0.6) is 0 Å². The number of nitrogens with zero attached hydrogens (tertiary/aromatic N) is 1. The summed E-state index contributed by atoms with van der Waals surface area (Å²) >= 11 is 5.89. The van der Waals surface area contributed by atoms with Crippen LogP contribution in [0.2, 0.25) is 5.02 Å². The lowest BCUT2D eigenvalue weighted by Gasteiger charge is -2.41. The first-order valence-corrected chi connectivity index (χ1v) is 7.87. The van der Waals surface area contributed by atoms with E-state index in [1.165, 1.54) is 25.7 Å². The Morgan fingerprint density at radius 2 is 1.95 bits per heavy atom. The van der Waals surface area contributed by atoms with Gasteiger partial charge in [-0.3, -0.25) is 4.79 Å². The fourth-order valence-corrected chi connectivity index (χ4v) is 3.86. The van der Waals surface area contributed by atoms with Gasteiger partial charge in [-0.15, -0.1) is 0 Å². The Labute approximate surface area is 125 Å². The number of fused-ring (bicyclic) bond motifs is 1. The molecule has 1 aromatic carbocycles. The fraction of sp³-hybridized carbons (Fsp3) is 0.562. The average molecular weight is 293 g/mol. The first-order valence-electron chi connectivity index (χ1n) is 7.49. The first kappa shape index (κ1) is 13.7. The topological polar surface area (TPSA) is 46.3 Å². The van der Waals surface area contributed by atoms with Crippen LogP contribution < -0.4 is 5.73 Å². The molecule has 4 heteroatoms. The molecule has 3 nitrogen and oxygen atoms in total. The highest BCUT2D eigenvalue weighted by Gasteiger charge is 2.33. The van der Waals surface area contributed by atoms with E-state index in [1.807, 2.05) is 4.90 Å². The molecule has 1 aliphatic carbocycles. The number of rotatable bonds is 1. The van der Waals surface area contributed by atoms with Crippen molar-refractivity contribution in [1.29, 1.82) is 0 Å². The number of hydrogen-bond donors (Lipinski definition) is 1. The van der Waals surface area contributed by atoms with Crippen LogP contribution in [0, 0.1) is 11.8 Å². The number of hydrogen-bond acceptors (Lipinski definition) is 2. The highest BCUT2D eigenvalue weighted by Crippen LogP contribution is 2.36. The van der Waals surface area contributed by atoms with Gasteiger partial charge in [-0.25, -0.2) is 0 Å². The van der Waals surface area contributed by atoms with Crippen molar-refractivity contribution in [3.05, 3.63) is 28.8 Å². The number of nitrogens with two attached hydrogens (primary N) is 1. The van der Waals surface area contributed by atoms with Crippen LogP contribution >= 0.6 is 11.6 Å². The van der Waals surface area contributed by atoms with Crippen LogP contribution in [-0.4, -0.2) is 23.9 Å². The van der Waals surface area contributed by atoms with Gasteiger partial charge in [-0.1, -0.05) is 30.9 Å². The van der Waals surface area contributed by atoms with Crippen LogP contribution in [0.3, 0.4) is 0 Å². The predicted octanol–water partition coefficient (Wildman–Crippen LogP) is 3.57. The number of amides is 1. The van der Waals surface area contributed by atoms with E-state index in [4.69, 9.17) is 17.3 Å². The van der Waals surface area contributed by atoms with Gasteiger partial charge >= 0.3 is 0 Å². The van der Waals surface area contributed by atoms with Gasteiger partial charge in [0.1, 0.15) is 0 Å². The molecule has 2 N–H and O–H groups in total. The second-order valence-electron chi connectivity index (χ2n) is 6.08. The van der Waals surface area contributed by atoms with Gasteiger partial charge < -0.3 is 10.6 Å². The Bertz CT molecular complexity index is 517.